The van der Waals surface area contributed by atoms with Gasteiger partial charge in [0, 0.05) is 32.7 Å². The lowest BCUT2D eigenvalue weighted by Crippen LogP contribution is -1.88. The Morgan fingerprint density at radius 1 is 0.357 bits per heavy atom. The normalized spacial score (nSPS) is 11.8. The highest BCUT2D eigenvalue weighted by atomic mass is 16.3. The van der Waals surface area contributed by atoms with Crippen molar-refractivity contribution in [1.29, 1.82) is 0 Å². The molecule has 2 nitrogen and oxygen atoms in total. The highest BCUT2D eigenvalue weighted by Crippen LogP contribution is 2.42. The highest BCUT2D eigenvalue weighted by molar-refractivity contribution is 6.12. The maximum absolute atomic E-state index is 6.51. The number of hydrogen-bond acceptors (Lipinski definition) is 2. The van der Waals surface area contributed by atoms with E-state index in [1.807, 2.05) is 0 Å². The summed E-state index contributed by atoms with van der Waals surface area (Å²) in [7, 11) is 0. The molecule has 42 heavy (non-hydrogen) atoms. The number of fused-ring (bicyclic) bond motifs is 6. The van der Waals surface area contributed by atoms with E-state index in [9.17, 15) is 0 Å². The van der Waals surface area contributed by atoms with Crippen molar-refractivity contribution >= 4 is 43.9 Å². The molecule has 0 N–H and O–H groups in total. The van der Waals surface area contributed by atoms with Crippen molar-refractivity contribution in [1.82, 2.24) is 0 Å². The molecule has 0 fully saturated rings. The second kappa shape index (κ2) is 9.22. The fourth-order valence-electron chi connectivity index (χ4n) is 6.43. The first-order valence-electron chi connectivity index (χ1n) is 14.5. The molecule has 2 heteroatoms. The van der Waals surface area contributed by atoms with Gasteiger partial charge in [0.05, 0.1) is 0 Å². The summed E-state index contributed by atoms with van der Waals surface area (Å²) in [5, 5.41) is 4.60. The maximum Gasteiger partial charge on any atom is 0.143 e. The van der Waals surface area contributed by atoms with Gasteiger partial charge in [-0.15, -0.1) is 0 Å². The van der Waals surface area contributed by atoms with Gasteiger partial charge in [-0.2, -0.15) is 0 Å². The summed E-state index contributed by atoms with van der Waals surface area (Å²) in [5.74, 6) is 0. The van der Waals surface area contributed by atoms with E-state index in [1.54, 1.807) is 0 Å². The topological polar surface area (TPSA) is 26.3 Å². The predicted octanol–water partition coefficient (Wildman–Crippen LogP) is 11.7. The Balaban J connectivity index is 1.38. The van der Waals surface area contributed by atoms with Crippen LogP contribution in [0.25, 0.3) is 77.3 Å². The van der Waals surface area contributed by atoms with Gasteiger partial charge in [0.15, 0.2) is 0 Å². The van der Waals surface area contributed by atoms with Gasteiger partial charge in [-0.3, -0.25) is 0 Å². The Kier molecular flexibility index (Phi) is 5.42. The number of para-hydroxylation sites is 1. The average Bonchev–Trinajstić information content (AvgIpc) is 3.54. The van der Waals surface area contributed by atoms with Gasteiger partial charge in [-0.1, -0.05) is 83.4 Å². The van der Waals surface area contributed by atoms with Gasteiger partial charge in [0.1, 0.15) is 22.3 Å². The van der Waals surface area contributed by atoms with Crippen molar-refractivity contribution in [2.45, 2.75) is 27.7 Å². The summed E-state index contributed by atoms with van der Waals surface area (Å²) < 4.78 is 13.0. The Bertz CT molecular complexity index is 2340. The smallest absolute Gasteiger partial charge is 0.143 e. The van der Waals surface area contributed by atoms with Gasteiger partial charge in [-0.25, -0.2) is 0 Å². The van der Waals surface area contributed by atoms with Crippen LogP contribution in [0, 0.1) is 27.7 Å². The lowest BCUT2D eigenvalue weighted by Gasteiger charge is -2.12. The minimum Gasteiger partial charge on any atom is -0.455 e. The maximum atomic E-state index is 6.51. The van der Waals surface area contributed by atoms with Crippen LogP contribution in [0.3, 0.4) is 0 Å². The Labute approximate surface area is 244 Å². The molecule has 2 heterocycles. The second-order valence-corrected chi connectivity index (χ2v) is 11.7. The second-order valence-electron chi connectivity index (χ2n) is 11.7. The largest absolute Gasteiger partial charge is 0.455 e. The number of hydrogen-bond donors (Lipinski definition) is 0. The Hall–Kier alpha value is -5.08. The van der Waals surface area contributed by atoms with Crippen molar-refractivity contribution in [3.05, 3.63) is 131 Å². The summed E-state index contributed by atoms with van der Waals surface area (Å²) in [6, 6.07) is 39.4. The van der Waals surface area contributed by atoms with E-state index in [0.29, 0.717) is 0 Å². The zero-order valence-corrected chi connectivity index (χ0v) is 24.2. The molecule has 0 bridgehead atoms. The van der Waals surface area contributed by atoms with E-state index in [-0.39, 0.29) is 0 Å². The van der Waals surface area contributed by atoms with Crippen LogP contribution in [0.15, 0.2) is 118 Å². The van der Waals surface area contributed by atoms with Crippen molar-refractivity contribution in [2.75, 3.05) is 0 Å². The SMILES string of the molecule is Cc1cccc(-c2cc(-c3cc(C)cc(-c4cccc5c4oc4ccc(C)cc45)c3)cc3c2oc2ccc(C)cc23)c1. The molecule has 0 saturated carbocycles. The highest BCUT2D eigenvalue weighted by Gasteiger charge is 2.17. The molecule has 0 aliphatic carbocycles. The summed E-state index contributed by atoms with van der Waals surface area (Å²) in [4.78, 5) is 0. The van der Waals surface area contributed by atoms with E-state index in [0.717, 1.165) is 66.1 Å². The molecule has 0 atom stereocenters. The first-order chi connectivity index (χ1) is 20.4. The molecule has 8 rings (SSSR count). The fourth-order valence-corrected chi connectivity index (χ4v) is 6.43. The van der Waals surface area contributed by atoms with E-state index >= 15 is 0 Å². The minimum absolute atomic E-state index is 0.915. The molecule has 202 valence electrons. The van der Waals surface area contributed by atoms with Gasteiger partial charge in [0.25, 0.3) is 0 Å². The van der Waals surface area contributed by atoms with Crippen molar-refractivity contribution < 1.29 is 8.83 Å². The van der Waals surface area contributed by atoms with Gasteiger partial charge in [-0.05, 0) is 98.0 Å². The molecule has 0 aliphatic heterocycles. The van der Waals surface area contributed by atoms with Gasteiger partial charge < -0.3 is 8.83 Å². The van der Waals surface area contributed by atoms with E-state index < -0.39 is 0 Å². The first kappa shape index (κ1) is 24.7. The van der Waals surface area contributed by atoms with Crippen molar-refractivity contribution in [3.8, 4) is 33.4 Å². The predicted molar refractivity (Wildman–Crippen MR) is 176 cm³/mol. The molecule has 0 unspecified atom stereocenters. The molecule has 0 saturated heterocycles. The quantitative estimate of drug-likeness (QED) is 0.222. The van der Waals surface area contributed by atoms with Crippen LogP contribution in [0.5, 0.6) is 0 Å². The third-order valence-electron chi connectivity index (χ3n) is 8.43. The zero-order valence-electron chi connectivity index (χ0n) is 24.2. The summed E-state index contributed by atoms with van der Waals surface area (Å²) in [5.41, 5.74) is 15.5. The Morgan fingerprint density at radius 3 is 1.69 bits per heavy atom. The Morgan fingerprint density at radius 2 is 0.952 bits per heavy atom. The molecular formula is C40H30O2. The molecule has 2 aromatic heterocycles. The van der Waals surface area contributed by atoms with Crippen molar-refractivity contribution in [3.63, 3.8) is 0 Å². The minimum atomic E-state index is 0.915. The van der Waals surface area contributed by atoms with Crippen LogP contribution in [0.1, 0.15) is 22.3 Å². The van der Waals surface area contributed by atoms with Gasteiger partial charge >= 0.3 is 0 Å². The number of aryl methyl sites for hydroxylation is 4. The molecular weight excluding hydrogens is 512 g/mol. The van der Waals surface area contributed by atoms with E-state index in [1.165, 1.54) is 33.4 Å². The first-order valence-corrected chi connectivity index (χ1v) is 14.5. The zero-order chi connectivity index (χ0) is 28.5. The van der Waals surface area contributed by atoms with Crippen LogP contribution in [-0.2, 0) is 0 Å². The van der Waals surface area contributed by atoms with Crippen LogP contribution in [0.2, 0.25) is 0 Å². The van der Waals surface area contributed by atoms with E-state index in [4.69, 9.17) is 8.83 Å². The van der Waals surface area contributed by atoms with Crippen LogP contribution in [-0.4, -0.2) is 0 Å². The molecule has 0 aliphatic rings. The number of furan rings is 2. The molecule has 0 amide bonds. The lowest BCUT2D eigenvalue weighted by molar-refractivity contribution is 0.669. The van der Waals surface area contributed by atoms with E-state index in [2.05, 4.69) is 137 Å². The average molecular weight is 543 g/mol. The fraction of sp³-hybridized carbons (Fsp3) is 0.100. The molecule has 8 aromatic rings. The molecule has 0 radical (unpaired) electrons. The van der Waals surface area contributed by atoms with Crippen molar-refractivity contribution in [2.24, 2.45) is 0 Å². The molecule has 0 spiro atoms. The third-order valence-corrected chi connectivity index (χ3v) is 8.43. The standard InChI is InChI=1S/C40H30O2/c1-23-7-5-8-27(15-23)33-21-29(22-36-35-19-25(3)12-14-38(35)42-40(33)36)28-16-26(4)17-30(20-28)31-9-6-10-32-34-18-24(2)11-13-37(34)41-39(31)32/h5-22H,1-4H3. The monoisotopic (exact) mass is 542 g/mol. The van der Waals surface area contributed by atoms with Crippen LogP contribution >= 0.6 is 0 Å². The summed E-state index contributed by atoms with van der Waals surface area (Å²) in [6.07, 6.45) is 0. The summed E-state index contributed by atoms with van der Waals surface area (Å²) >= 11 is 0. The lowest BCUT2D eigenvalue weighted by atomic mass is 9.92. The number of benzene rings is 6. The summed E-state index contributed by atoms with van der Waals surface area (Å²) in [6.45, 7) is 8.57. The van der Waals surface area contributed by atoms with Crippen LogP contribution < -0.4 is 0 Å². The third kappa shape index (κ3) is 3.94. The van der Waals surface area contributed by atoms with Crippen LogP contribution in [0.4, 0.5) is 0 Å². The van der Waals surface area contributed by atoms with Gasteiger partial charge in [0.2, 0.25) is 0 Å². The molecule has 6 aromatic carbocycles. The number of rotatable bonds is 3.